The molecule has 0 atom stereocenters. The minimum Gasteiger partial charge on any atom is -0.494 e. The number of carbonyl (C=O) groups is 1. The Morgan fingerprint density at radius 2 is 1.75 bits per heavy atom. The molecule has 5 heteroatoms. The van der Waals surface area contributed by atoms with Crippen LogP contribution in [-0.4, -0.2) is 25.3 Å². The molecule has 0 heterocycles. The molecule has 0 aliphatic heterocycles. The molecular formula is C19H22N2O3. The molecule has 1 amide bonds. The van der Waals surface area contributed by atoms with Crippen LogP contribution in [0.15, 0.2) is 47.6 Å². The fourth-order valence-corrected chi connectivity index (χ4v) is 2.19. The molecule has 0 saturated carbocycles. The number of nitrogens with one attached hydrogen (secondary N) is 1. The second kappa shape index (κ2) is 8.72. The summed E-state index contributed by atoms with van der Waals surface area (Å²) in [6, 6.07) is 13.3. The second-order valence-corrected chi connectivity index (χ2v) is 5.30. The van der Waals surface area contributed by atoms with Gasteiger partial charge in [0.05, 0.1) is 12.8 Å². The summed E-state index contributed by atoms with van der Waals surface area (Å²) in [7, 11) is 0. The van der Waals surface area contributed by atoms with Gasteiger partial charge in [-0.2, -0.15) is 5.10 Å². The average Bonchev–Trinajstić information content (AvgIpc) is 2.56. The number of hydrogen-bond acceptors (Lipinski definition) is 4. The summed E-state index contributed by atoms with van der Waals surface area (Å²) in [4.78, 5) is 11.8. The van der Waals surface area contributed by atoms with Gasteiger partial charge in [-0.1, -0.05) is 18.2 Å². The maximum Gasteiger partial charge on any atom is 0.277 e. The van der Waals surface area contributed by atoms with Gasteiger partial charge in [0, 0.05) is 0 Å². The SMILES string of the molecule is CCOc1ccc(/C=N\NC(=O)COc2c(C)cccc2C)cc1. The molecule has 0 radical (unpaired) electrons. The molecule has 0 bridgehead atoms. The standard InChI is InChI=1S/C19H22N2O3/c1-4-23-17-10-8-16(9-11-17)12-20-21-18(22)13-24-19-14(2)6-5-7-15(19)3/h5-12H,4,13H2,1-3H3,(H,21,22)/b20-12-. The normalized spacial score (nSPS) is 10.6. The molecule has 0 fully saturated rings. The predicted molar refractivity (Wildman–Crippen MR) is 94.8 cm³/mol. The Morgan fingerprint density at radius 1 is 1.08 bits per heavy atom. The number of hydrogen-bond donors (Lipinski definition) is 1. The lowest BCUT2D eigenvalue weighted by molar-refractivity contribution is -0.123. The molecule has 2 aromatic rings. The summed E-state index contributed by atoms with van der Waals surface area (Å²) < 4.78 is 10.9. The van der Waals surface area contributed by atoms with Crippen LogP contribution >= 0.6 is 0 Å². The van der Waals surface area contributed by atoms with Crippen molar-refractivity contribution >= 4 is 12.1 Å². The quantitative estimate of drug-likeness (QED) is 0.628. The molecule has 126 valence electrons. The highest BCUT2D eigenvalue weighted by Gasteiger charge is 2.06. The zero-order chi connectivity index (χ0) is 17.4. The highest BCUT2D eigenvalue weighted by Crippen LogP contribution is 2.21. The molecule has 0 aliphatic carbocycles. The van der Waals surface area contributed by atoms with E-state index in [1.165, 1.54) is 0 Å². The summed E-state index contributed by atoms with van der Waals surface area (Å²) in [6.45, 7) is 6.39. The third-order valence-corrected chi connectivity index (χ3v) is 3.35. The van der Waals surface area contributed by atoms with Crippen LogP contribution in [0.1, 0.15) is 23.6 Å². The fourth-order valence-electron chi connectivity index (χ4n) is 2.19. The number of amides is 1. The van der Waals surface area contributed by atoms with Crippen molar-refractivity contribution in [1.29, 1.82) is 0 Å². The Bertz CT molecular complexity index is 689. The van der Waals surface area contributed by atoms with E-state index in [0.29, 0.717) is 6.61 Å². The molecule has 2 aromatic carbocycles. The van der Waals surface area contributed by atoms with Gasteiger partial charge in [0.2, 0.25) is 0 Å². The van der Waals surface area contributed by atoms with Crippen LogP contribution in [0.5, 0.6) is 11.5 Å². The van der Waals surface area contributed by atoms with Crippen molar-refractivity contribution < 1.29 is 14.3 Å². The average molecular weight is 326 g/mol. The van der Waals surface area contributed by atoms with E-state index in [-0.39, 0.29) is 12.5 Å². The van der Waals surface area contributed by atoms with E-state index in [1.54, 1.807) is 6.21 Å². The van der Waals surface area contributed by atoms with E-state index in [2.05, 4.69) is 10.5 Å². The maximum atomic E-state index is 11.8. The first-order chi connectivity index (χ1) is 11.6. The van der Waals surface area contributed by atoms with Gasteiger partial charge in [-0.15, -0.1) is 0 Å². The van der Waals surface area contributed by atoms with Crippen LogP contribution in [0.25, 0.3) is 0 Å². The molecule has 2 rings (SSSR count). The van der Waals surface area contributed by atoms with Gasteiger partial charge in [-0.25, -0.2) is 5.43 Å². The van der Waals surface area contributed by atoms with Gasteiger partial charge in [0.25, 0.3) is 5.91 Å². The number of benzene rings is 2. The molecule has 0 unspecified atom stereocenters. The summed E-state index contributed by atoms with van der Waals surface area (Å²) >= 11 is 0. The van der Waals surface area contributed by atoms with Crippen molar-refractivity contribution in [3.63, 3.8) is 0 Å². The van der Waals surface area contributed by atoms with E-state index < -0.39 is 0 Å². The Hall–Kier alpha value is -2.82. The monoisotopic (exact) mass is 326 g/mol. The van der Waals surface area contributed by atoms with Crippen LogP contribution < -0.4 is 14.9 Å². The molecular weight excluding hydrogens is 304 g/mol. The van der Waals surface area contributed by atoms with E-state index in [4.69, 9.17) is 9.47 Å². The molecule has 24 heavy (non-hydrogen) atoms. The van der Waals surface area contributed by atoms with E-state index in [1.807, 2.05) is 63.2 Å². The van der Waals surface area contributed by atoms with Crippen LogP contribution in [0.2, 0.25) is 0 Å². The molecule has 0 saturated heterocycles. The number of para-hydroxylation sites is 1. The highest BCUT2D eigenvalue weighted by molar-refractivity contribution is 5.83. The summed E-state index contributed by atoms with van der Waals surface area (Å²) in [5, 5.41) is 3.93. The Morgan fingerprint density at radius 3 is 2.38 bits per heavy atom. The first kappa shape index (κ1) is 17.5. The fraction of sp³-hybridized carbons (Fsp3) is 0.263. The second-order valence-electron chi connectivity index (χ2n) is 5.30. The number of rotatable bonds is 7. The Kier molecular flexibility index (Phi) is 6.37. The van der Waals surface area contributed by atoms with Gasteiger partial charge in [0.1, 0.15) is 11.5 Å². The van der Waals surface area contributed by atoms with Crippen LogP contribution in [0.3, 0.4) is 0 Å². The summed E-state index contributed by atoms with van der Waals surface area (Å²) in [5.74, 6) is 1.24. The van der Waals surface area contributed by atoms with E-state index in [0.717, 1.165) is 28.2 Å². The highest BCUT2D eigenvalue weighted by atomic mass is 16.5. The lowest BCUT2D eigenvalue weighted by atomic mass is 10.1. The van der Waals surface area contributed by atoms with E-state index >= 15 is 0 Å². The number of hydrazone groups is 1. The number of carbonyl (C=O) groups excluding carboxylic acids is 1. The lowest BCUT2D eigenvalue weighted by Crippen LogP contribution is -2.25. The Balaban J connectivity index is 1.82. The van der Waals surface area contributed by atoms with Gasteiger partial charge >= 0.3 is 0 Å². The minimum absolute atomic E-state index is 0.0771. The van der Waals surface area contributed by atoms with Crippen LogP contribution in [-0.2, 0) is 4.79 Å². The zero-order valence-electron chi connectivity index (χ0n) is 14.2. The summed E-state index contributed by atoms with van der Waals surface area (Å²) in [6.07, 6.45) is 1.58. The first-order valence-electron chi connectivity index (χ1n) is 7.84. The third kappa shape index (κ3) is 5.12. The maximum absolute atomic E-state index is 11.8. The van der Waals surface area contributed by atoms with Gasteiger partial charge in [-0.3, -0.25) is 4.79 Å². The van der Waals surface area contributed by atoms with Crippen molar-refractivity contribution in [1.82, 2.24) is 5.43 Å². The number of ether oxygens (including phenoxy) is 2. The first-order valence-corrected chi connectivity index (χ1v) is 7.84. The lowest BCUT2D eigenvalue weighted by Gasteiger charge is -2.10. The summed E-state index contributed by atoms with van der Waals surface area (Å²) in [5.41, 5.74) is 5.33. The third-order valence-electron chi connectivity index (χ3n) is 3.35. The van der Waals surface area contributed by atoms with Crippen LogP contribution in [0, 0.1) is 13.8 Å². The van der Waals surface area contributed by atoms with E-state index in [9.17, 15) is 4.79 Å². The van der Waals surface area contributed by atoms with Crippen molar-refractivity contribution in [2.75, 3.05) is 13.2 Å². The topological polar surface area (TPSA) is 59.9 Å². The van der Waals surface area contributed by atoms with Gasteiger partial charge in [-0.05, 0) is 61.7 Å². The molecule has 0 aliphatic rings. The minimum atomic E-state index is -0.306. The molecule has 1 N–H and O–H groups in total. The van der Waals surface area contributed by atoms with Crippen molar-refractivity contribution in [2.24, 2.45) is 5.10 Å². The predicted octanol–water partition coefficient (Wildman–Crippen LogP) is 3.23. The van der Waals surface area contributed by atoms with Crippen molar-refractivity contribution in [3.05, 3.63) is 59.2 Å². The van der Waals surface area contributed by atoms with Crippen molar-refractivity contribution in [2.45, 2.75) is 20.8 Å². The molecule has 0 aromatic heterocycles. The van der Waals surface area contributed by atoms with Gasteiger partial charge < -0.3 is 9.47 Å². The largest absolute Gasteiger partial charge is 0.494 e. The number of aryl methyl sites for hydroxylation is 2. The molecule has 0 spiro atoms. The number of nitrogens with zero attached hydrogens (tertiary/aromatic N) is 1. The Labute approximate surface area is 142 Å². The van der Waals surface area contributed by atoms with Crippen LogP contribution in [0.4, 0.5) is 0 Å². The zero-order valence-corrected chi connectivity index (χ0v) is 14.2. The molecule has 5 nitrogen and oxygen atoms in total. The van der Waals surface area contributed by atoms with Crippen molar-refractivity contribution in [3.8, 4) is 11.5 Å². The smallest absolute Gasteiger partial charge is 0.277 e. The van der Waals surface area contributed by atoms with Gasteiger partial charge in [0.15, 0.2) is 6.61 Å².